The van der Waals surface area contributed by atoms with Crippen LogP contribution in [0.5, 0.6) is 0 Å². The number of carbonyl (C=O) groups excluding carboxylic acids is 2. The van der Waals surface area contributed by atoms with E-state index in [2.05, 4.69) is 9.47 Å². The van der Waals surface area contributed by atoms with Gasteiger partial charge in [0.2, 0.25) is 5.83 Å². The van der Waals surface area contributed by atoms with Crippen LogP contribution in [0.3, 0.4) is 0 Å². The first-order chi connectivity index (χ1) is 9.07. The molecule has 0 saturated heterocycles. The van der Waals surface area contributed by atoms with Crippen LogP contribution >= 0.6 is 0 Å². The highest BCUT2D eigenvalue weighted by Crippen LogP contribution is 2.43. The van der Waals surface area contributed by atoms with Crippen LogP contribution < -0.4 is 0 Å². The van der Waals surface area contributed by atoms with Gasteiger partial charge in [-0.1, -0.05) is 0 Å². The van der Waals surface area contributed by atoms with Crippen molar-refractivity contribution in [3.63, 3.8) is 0 Å². The van der Waals surface area contributed by atoms with Crippen molar-refractivity contribution in [3.8, 4) is 0 Å². The Hall–Kier alpha value is -1.74. The number of hydrogen-bond acceptors (Lipinski definition) is 4. The Morgan fingerprint density at radius 2 is 1.25 bits per heavy atom. The van der Waals surface area contributed by atoms with Gasteiger partial charge in [0.25, 0.3) is 0 Å². The Balaban J connectivity index is 5.95. The van der Waals surface area contributed by atoms with Gasteiger partial charge >= 0.3 is 29.6 Å². The number of alkyl halides is 3. The lowest BCUT2D eigenvalue weighted by Gasteiger charge is -2.27. The van der Waals surface area contributed by atoms with Gasteiger partial charge in [-0.05, 0) is 13.8 Å². The van der Waals surface area contributed by atoms with Gasteiger partial charge in [0.1, 0.15) is 0 Å². The van der Waals surface area contributed by atoms with E-state index in [0.717, 1.165) is 13.8 Å². The fraction of sp³-hybridized carbons (Fsp3) is 0.600. The maximum Gasteiger partial charge on any atom is 0.371 e. The van der Waals surface area contributed by atoms with Crippen LogP contribution in [-0.4, -0.2) is 36.7 Å². The van der Waals surface area contributed by atoms with Crippen molar-refractivity contribution < 1.29 is 45.4 Å². The van der Waals surface area contributed by atoms with Crippen LogP contribution in [0.1, 0.15) is 13.8 Å². The minimum atomic E-state index is -5.77. The first-order valence-electron chi connectivity index (χ1n) is 5.19. The Morgan fingerprint density at radius 1 is 0.900 bits per heavy atom. The second-order valence-electron chi connectivity index (χ2n) is 3.25. The number of esters is 2. The largest absolute Gasteiger partial charge is 0.463 e. The van der Waals surface area contributed by atoms with E-state index in [4.69, 9.17) is 0 Å². The van der Waals surface area contributed by atoms with Crippen molar-refractivity contribution in [2.45, 2.75) is 25.4 Å². The quantitative estimate of drug-likeness (QED) is 0.430. The van der Waals surface area contributed by atoms with Gasteiger partial charge < -0.3 is 9.47 Å². The summed E-state index contributed by atoms with van der Waals surface area (Å²) in [7, 11) is 0. The first-order valence-corrected chi connectivity index (χ1v) is 5.19. The summed E-state index contributed by atoms with van der Waals surface area (Å²) in [5, 5.41) is 0. The molecule has 0 aromatic heterocycles. The molecule has 0 unspecified atom stereocenters. The second kappa shape index (κ2) is 6.62. The lowest BCUT2D eigenvalue weighted by Crippen LogP contribution is -2.58. The predicted octanol–water partition coefficient (Wildman–Crippen LogP) is 2.53. The van der Waals surface area contributed by atoms with E-state index < -0.39 is 48.7 Å². The van der Waals surface area contributed by atoms with Gasteiger partial charge in [-0.25, -0.2) is 14.0 Å². The summed E-state index contributed by atoms with van der Waals surface area (Å²) in [6.07, 6.45) is -3.58. The molecule has 0 N–H and O–H groups in total. The number of allylic oxidation sites excluding steroid dienone is 1. The van der Waals surface area contributed by atoms with E-state index >= 15 is 0 Å². The van der Waals surface area contributed by atoms with Crippen LogP contribution in [-0.2, 0) is 19.1 Å². The third kappa shape index (κ3) is 3.05. The number of halogens is 6. The molecule has 10 heteroatoms. The van der Waals surface area contributed by atoms with Gasteiger partial charge in [-0.15, -0.1) is 0 Å². The number of carbonyl (C=O) groups is 2. The van der Waals surface area contributed by atoms with Crippen LogP contribution in [0, 0.1) is 0 Å². The molecule has 0 fully saturated rings. The van der Waals surface area contributed by atoms with Crippen LogP contribution in [0.25, 0.3) is 0 Å². The minimum Gasteiger partial charge on any atom is -0.463 e. The van der Waals surface area contributed by atoms with Crippen molar-refractivity contribution in [2.75, 3.05) is 13.2 Å². The van der Waals surface area contributed by atoms with Crippen LogP contribution in [0.2, 0.25) is 0 Å². The molecule has 0 aromatic carbocycles. The maximum absolute atomic E-state index is 14.0. The fourth-order valence-corrected chi connectivity index (χ4v) is 1.07. The van der Waals surface area contributed by atoms with E-state index in [0.29, 0.717) is 0 Å². The van der Waals surface area contributed by atoms with E-state index in [1.54, 1.807) is 0 Å². The Bertz CT molecular complexity index is 398. The lowest BCUT2D eigenvalue weighted by molar-refractivity contribution is -0.202. The summed E-state index contributed by atoms with van der Waals surface area (Å²) in [6.45, 7) is 0.847. The first kappa shape index (κ1) is 18.3. The summed E-state index contributed by atoms with van der Waals surface area (Å²) in [5.41, 5.74) is -5.05. The molecule has 0 amide bonds. The highest BCUT2D eigenvalue weighted by atomic mass is 19.3. The van der Waals surface area contributed by atoms with Crippen molar-refractivity contribution in [2.24, 2.45) is 0 Å². The lowest BCUT2D eigenvalue weighted by atomic mass is 9.96. The Kier molecular flexibility index (Phi) is 6.04. The second-order valence-corrected chi connectivity index (χ2v) is 3.25. The molecule has 0 bridgehead atoms. The Morgan fingerprint density at radius 3 is 1.50 bits per heavy atom. The van der Waals surface area contributed by atoms with Crippen molar-refractivity contribution in [3.05, 3.63) is 11.9 Å². The van der Waals surface area contributed by atoms with E-state index in [9.17, 15) is 35.9 Å². The van der Waals surface area contributed by atoms with Crippen LogP contribution in [0.4, 0.5) is 26.3 Å². The van der Waals surface area contributed by atoms with E-state index in [1.807, 2.05) is 0 Å². The molecule has 0 rings (SSSR count). The minimum absolute atomic E-state index is 0.649. The molecule has 20 heavy (non-hydrogen) atoms. The molecule has 0 atom stereocenters. The van der Waals surface area contributed by atoms with E-state index in [-0.39, 0.29) is 0 Å². The molecule has 0 aliphatic heterocycles. The van der Waals surface area contributed by atoms with Crippen molar-refractivity contribution >= 4 is 11.9 Å². The highest BCUT2D eigenvalue weighted by molar-refractivity contribution is 6.05. The highest BCUT2D eigenvalue weighted by Gasteiger charge is 2.72. The summed E-state index contributed by atoms with van der Waals surface area (Å²) in [4.78, 5) is 22.3. The van der Waals surface area contributed by atoms with Crippen LogP contribution in [0.15, 0.2) is 11.9 Å². The van der Waals surface area contributed by atoms with Crippen molar-refractivity contribution in [1.29, 1.82) is 0 Å². The monoisotopic (exact) mass is 308 g/mol. The summed E-state index contributed by atoms with van der Waals surface area (Å²) in [5.74, 6) is -14.4. The van der Waals surface area contributed by atoms with Gasteiger partial charge in [-0.3, -0.25) is 0 Å². The third-order valence-electron chi connectivity index (χ3n) is 1.99. The maximum atomic E-state index is 14.0. The molecule has 0 heterocycles. The van der Waals surface area contributed by atoms with Gasteiger partial charge in [0, 0.05) is 0 Å². The molecule has 0 radical (unpaired) electrons. The average Bonchev–Trinajstić information content (AvgIpc) is 2.36. The zero-order chi connectivity index (χ0) is 16.1. The molecular weight excluding hydrogens is 298 g/mol. The van der Waals surface area contributed by atoms with E-state index in [1.165, 1.54) is 0 Å². The predicted molar refractivity (Wildman–Crippen MR) is 52.4 cm³/mol. The number of rotatable bonds is 6. The molecule has 4 nitrogen and oxygen atoms in total. The molecule has 0 saturated carbocycles. The zero-order valence-electron chi connectivity index (χ0n) is 10.3. The molecular formula is C10H10F6O4. The molecule has 0 aliphatic rings. The normalized spacial score (nSPS) is 11.8. The topological polar surface area (TPSA) is 52.6 Å². The van der Waals surface area contributed by atoms with Gasteiger partial charge in [-0.2, -0.15) is 22.0 Å². The Labute approximate surface area is 109 Å². The summed E-state index contributed by atoms with van der Waals surface area (Å²) >= 11 is 0. The van der Waals surface area contributed by atoms with Gasteiger partial charge in [0.05, 0.1) is 13.2 Å². The summed E-state index contributed by atoms with van der Waals surface area (Å²) in [6, 6.07) is 0. The summed E-state index contributed by atoms with van der Waals surface area (Å²) < 4.78 is 85.0. The van der Waals surface area contributed by atoms with Crippen molar-refractivity contribution in [1.82, 2.24) is 0 Å². The SMILES string of the molecule is CCOC(=O)C(F)(C(=O)OCC)C(F)(F)C(F)=C(F)F. The molecule has 116 valence electrons. The standard InChI is InChI=1S/C10H10F6O4/c1-3-19-7(17)9(14,8(18)20-4-2)10(15,16)5(11)6(12)13/h3-4H2,1-2H3. The molecule has 0 aromatic rings. The molecule has 0 spiro atoms. The number of ether oxygens (including phenoxy) is 2. The van der Waals surface area contributed by atoms with Gasteiger partial charge in [0.15, 0.2) is 0 Å². The smallest absolute Gasteiger partial charge is 0.371 e. The number of hydrogen-bond donors (Lipinski definition) is 0. The zero-order valence-corrected chi connectivity index (χ0v) is 10.3. The third-order valence-corrected chi connectivity index (χ3v) is 1.99. The average molecular weight is 308 g/mol. The fourth-order valence-electron chi connectivity index (χ4n) is 1.07. The molecule has 0 aliphatic carbocycles.